The molecule has 1 aromatic carbocycles. The van der Waals surface area contributed by atoms with Gasteiger partial charge in [-0.15, -0.1) is 0 Å². The van der Waals surface area contributed by atoms with Crippen molar-refractivity contribution in [2.24, 2.45) is 0 Å². The number of rotatable bonds is 5. The van der Waals surface area contributed by atoms with E-state index in [-0.39, 0.29) is 6.03 Å². The molecule has 2 rings (SSSR count). The van der Waals surface area contributed by atoms with E-state index in [0.717, 1.165) is 32.2 Å². The van der Waals surface area contributed by atoms with Gasteiger partial charge in [0.15, 0.2) is 0 Å². The number of benzene rings is 1. The number of nitrogens with zero attached hydrogens (tertiary/aromatic N) is 1. The van der Waals surface area contributed by atoms with E-state index < -0.39 is 0 Å². The van der Waals surface area contributed by atoms with E-state index in [9.17, 15) is 4.79 Å². The number of nitrogens with one attached hydrogen (secondary N) is 1. The number of ether oxygens (including phenoxy) is 2. The molecule has 1 N–H and O–H groups in total. The standard InChI is InChI=1S/C16H24N2O3/c1-4-6-12-7-5-10-18(12)16(19)17-14-11-13(20-2)8-9-15(14)21-3/h8-9,11-12H,4-7,10H2,1-3H3,(H,17,19)/t12-/m1/s1. The van der Waals surface area contributed by atoms with Crippen LogP contribution in [0.2, 0.25) is 0 Å². The molecule has 5 heteroatoms. The highest BCUT2D eigenvalue weighted by molar-refractivity contribution is 5.91. The predicted molar refractivity (Wildman–Crippen MR) is 83.2 cm³/mol. The third-order valence-corrected chi connectivity index (χ3v) is 3.91. The zero-order valence-electron chi connectivity index (χ0n) is 13.0. The third-order valence-electron chi connectivity index (χ3n) is 3.91. The molecule has 0 bridgehead atoms. The molecule has 1 aromatic rings. The minimum Gasteiger partial charge on any atom is -0.497 e. The number of carbonyl (C=O) groups is 1. The van der Waals surface area contributed by atoms with E-state index in [2.05, 4.69) is 12.2 Å². The van der Waals surface area contributed by atoms with Crippen LogP contribution in [0.25, 0.3) is 0 Å². The SMILES string of the molecule is CCC[C@@H]1CCCN1C(=O)Nc1cc(OC)ccc1OC. The summed E-state index contributed by atoms with van der Waals surface area (Å²) in [6, 6.07) is 5.68. The summed E-state index contributed by atoms with van der Waals surface area (Å²) in [5.41, 5.74) is 0.643. The van der Waals surface area contributed by atoms with Crippen LogP contribution in [-0.4, -0.2) is 37.7 Å². The summed E-state index contributed by atoms with van der Waals surface area (Å²) in [5.74, 6) is 1.33. The maximum atomic E-state index is 12.5. The summed E-state index contributed by atoms with van der Waals surface area (Å²) < 4.78 is 10.5. The van der Waals surface area contributed by atoms with Crippen LogP contribution in [0.15, 0.2) is 18.2 Å². The minimum absolute atomic E-state index is 0.0579. The zero-order chi connectivity index (χ0) is 15.2. The number of likely N-dealkylation sites (tertiary alicyclic amines) is 1. The Morgan fingerprint density at radius 2 is 2.19 bits per heavy atom. The summed E-state index contributed by atoms with van der Waals surface area (Å²) in [6.07, 6.45) is 4.32. The van der Waals surface area contributed by atoms with E-state index in [1.54, 1.807) is 26.4 Å². The van der Waals surface area contributed by atoms with Crippen molar-refractivity contribution in [1.29, 1.82) is 0 Å². The van der Waals surface area contributed by atoms with Crippen molar-refractivity contribution >= 4 is 11.7 Å². The molecule has 1 atom stereocenters. The molecule has 1 aliphatic rings. The van der Waals surface area contributed by atoms with Gasteiger partial charge < -0.3 is 19.7 Å². The molecule has 0 radical (unpaired) electrons. The summed E-state index contributed by atoms with van der Waals surface area (Å²) in [7, 11) is 3.19. The second-order valence-electron chi connectivity index (χ2n) is 5.27. The minimum atomic E-state index is -0.0579. The molecule has 0 spiro atoms. The predicted octanol–water partition coefficient (Wildman–Crippen LogP) is 3.50. The average Bonchev–Trinajstić information content (AvgIpc) is 2.96. The van der Waals surface area contributed by atoms with Crippen molar-refractivity contribution in [3.8, 4) is 11.5 Å². The highest BCUT2D eigenvalue weighted by Crippen LogP contribution is 2.30. The van der Waals surface area contributed by atoms with Crippen molar-refractivity contribution in [3.05, 3.63) is 18.2 Å². The first-order chi connectivity index (χ1) is 10.2. The molecule has 116 valence electrons. The first-order valence-corrected chi connectivity index (χ1v) is 7.49. The fourth-order valence-electron chi connectivity index (χ4n) is 2.84. The molecule has 5 nitrogen and oxygen atoms in total. The van der Waals surface area contributed by atoms with E-state index in [1.165, 1.54) is 0 Å². The molecule has 0 unspecified atom stereocenters. The molecule has 1 saturated heterocycles. The third kappa shape index (κ3) is 3.60. The largest absolute Gasteiger partial charge is 0.497 e. The van der Waals surface area contributed by atoms with Gasteiger partial charge in [-0.1, -0.05) is 13.3 Å². The molecule has 0 saturated carbocycles. The van der Waals surface area contributed by atoms with Crippen molar-refractivity contribution in [2.75, 3.05) is 26.1 Å². The van der Waals surface area contributed by atoms with Crippen molar-refractivity contribution in [1.82, 2.24) is 4.90 Å². The number of urea groups is 1. The van der Waals surface area contributed by atoms with Gasteiger partial charge in [0, 0.05) is 18.7 Å². The molecule has 1 heterocycles. The highest BCUT2D eigenvalue weighted by Gasteiger charge is 2.28. The Morgan fingerprint density at radius 1 is 1.38 bits per heavy atom. The summed E-state index contributed by atoms with van der Waals surface area (Å²) >= 11 is 0. The lowest BCUT2D eigenvalue weighted by Crippen LogP contribution is -2.38. The smallest absolute Gasteiger partial charge is 0.322 e. The van der Waals surface area contributed by atoms with E-state index >= 15 is 0 Å². The van der Waals surface area contributed by atoms with Gasteiger partial charge in [-0.25, -0.2) is 4.79 Å². The zero-order valence-corrected chi connectivity index (χ0v) is 13.0. The van der Waals surface area contributed by atoms with Crippen LogP contribution in [0, 0.1) is 0 Å². The van der Waals surface area contributed by atoms with Gasteiger partial charge in [-0.3, -0.25) is 0 Å². The van der Waals surface area contributed by atoms with Crippen LogP contribution in [0.4, 0.5) is 10.5 Å². The topological polar surface area (TPSA) is 50.8 Å². The Bertz CT molecular complexity index is 490. The first kappa shape index (κ1) is 15.5. The molecular weight excluding hydrogens is 268 g/mol. The Balaban J connectivity index is 2.11. The normalized spacial score (nSPS) is 17.7. The quantitative estimate of drug-likeness (QED) is 0.903. The fraction of sp³-hybridized carbons (Fsp3) is 0.562. The number of hydrogen-bond acceptors (Lipinski definition) is 3. The molecule has 1 fully saturated rings. The number of amides is 2. The number of hydrogen-bond donors (Lipinski definition) is 1. The van der Waals surface area contributed by atoms with Crippen molar-refractivity contribution in [3.63, 3.8) is 0 Å². The van der Waals surface area contributed by atoms with Crippen LogP contribution in [0.1, 0.15) is 32.6 Å². The van der Waals surface area contributed by atoms with Crippen LogP contribution < -0.4 is 14.8 Å². The monoisotopic (exact) mass is 292 g/mol. The maximum Gasteiger partial charge on any atom is 0.322 e. The Hall–Kier alpha value is -1.91. The van der Waals surface area contributed by atoms with Gasteiger partial charge in [-0.2, -0.15) is 0 Å². The highest BCUT2D eigenvalue weighted by atomic mass is 16.5. The number of carbonyl (C=O) groups excluding carboxylic acids is 1. The van der Waals surface area contributed by atoms with E-state index in [4.69, 9.17) is 9.47 Å². The summed E-state index contributed by atoms with van der Waals surface area (Å²) in [6.45, 7) is 2.97. The molecule has 0 aliphatic carbocycles. The first-order valence-electron chi connectivity index (χ1n) is 7.49. The Kier molecular flexibility index (Phi) is 5.31. The lowest BCUT2D eigenvalue weighted by Gasteiger charge is -2.25. The molecule has 21 heavy (non-hydrogen) atoms. The van der Waals surface area contributed by atoms with Crippen LogP contribution in [-0.2, 0) is 0 Å². The summed E-state index contributed by atoms with van der Waals surface area (Å²) in [5, 5.41) is 2.95. The van der Waals surface area contributed by atoms with Gasteiger partial charge in [-0.05, 0) is 31.4 Å². The number of methoxy groups -OCH3 is 2. The van der Waals surface area contributed by atoms with Crippen LogP contribution >= 0.6 is 0 Å². The molecular formula is C16H24N2O3. The van der Waals surface area contributed by atoms with Gasteiger partial charge in [0.2, 0.25) is 0 Å². The maximum absolute atomic E-state index is 12.5. The second-order valence-corrected chi connectivity index (χ2v) is 5.27. The molecule has 0 aromatic heterocycles. The number of anilines is 1. The lowest BCUT2D eigenvalue weighted by atomic mass is 10.1. The molecule has 2 amide bonds. The van der Waals surface area contributed by atoms with Gasteiger partial charge in [0.25, 0.3) is 0 Å². The van der Waals surface area contributed by atoms with Crippen molar-refractivity contribution < 1.29 is 14.3 Å². The Morgan fingerprint density at radius 3 is 2.86 bits per heavy atom. The van der Waals surface area contributed by atoms with E-state index in [1.807, 2.05) is 11.0 Å². The van der Waals surface area contributed by atoms with Crippen LogP contribution in [0.3, 0.4) is 0 Å². The van der Waals surface area contributed by atoms with E-state index in [0.29, 0.717) is 23.2 Å². The van der Waals surface area contributed by atoms with Gasteiger partial charge in [0.1, 0.15) is 11.5 Å². The second kappa shape index (κ2) is 7.20. The van der Waals surface area contributed by atoms with Crippen LogP contribution in [0.5, 0.6) is 11.5 Å². The average molecular weight is 292 g/mol. The molecule has 1 aliphatic heterocycles. The fourth-order valence-corrected chi connectivity index (χ4v) is 2.84. The van der Waals surface area contributed by atoms with Crippen molar-refractivity contribution in [2.45, 2.75) is 38.6 Å². The Labute approximate surface area is 126 Å². The lowest BCUT2D eigenvalue weighted by molar-refractivity contribution is 0.203. The van der Waals surface area contributed by atoms with Gasteiger partial charge >= 0.3 is 6.03 Å². The summed E-state index contributed by atoms with van der Waals surface area (Å²) in [4.78, 5) is 14.4. The van der Waals surface area contributed by atoms with Gasteiger partial charge in [0.05, 0.1) is 19.9 Å².